The zero-order valence-corrected chi connectivity index (χ0v) is 9.67. The molecule has 0 aromatic carbocycles. The highest BCUT2D eigenvalue weighted by Gasteiger charge is 2.30. The number of hydrogen-bond donors (Lipinski definition) is 6. The standard InChI is InChI=1S/C8H17N3O7/c1-11(10-18)8(17)9-2-4(13)6(15)7(16)5(14)3-12/h4-7,12-16H,2-3H2,1H3,(H,9,17). The summed E-state index contributed by atoms with van der Waals surface area (Å²) in [6.07, 6.45) is -6.76. The van der Waals surface area contributed by atoms with Gasteiger partial charge >= 0.3 is 6.03 Å². The molecule has 0 fully saturated rings. The smallest absolute Gasteiger partial charge is 0.340 e. The van der Waals surface area contributed by atoms with Gasteiger partial charge in [0.1, 0.15) is 18.3 Å². The Kier molecular flexibility index (Phi) is 7.31. The fraction of sp³-hybridized carbons (Fsp3) is 0.875. The van der Waals surface area contributed by atoms with Crippen LogP contribution in [0.1, 0.15) is 0 Å². The van der Waals surface area contributed by atoms with Crippen molar-refractivity contribution in [1.82, 2.24) is 10.3 Å². The van der Waals surface area contributed by atoms with E-state index < -0.39 is 43.6 Å². The lowest BCUT2D eigenvalue weighted by Crippen LogP contribution is -2.50. The zero-order chi connectivity index (χ0) is 14.3. The lowest BCUT2D eigenvalue weighted by atomic mass is 10.0. The van der Waals surface area contributed by atoms with Crippen LogP contribution in [0.15, 0.2) is 5.29 Å². The Morgan fingerprint density at radius 2 is 1.72 bits per heavy atom. The molecule has 10 heteroatoms. The SMILES string of the molecule is CN(N=O)C(=O)NCC(O)C(O)C(O)C(O)CO. The van der Waals surface area contributed by atoms with Gasteiger partial charge in [-0.1, -0.05) is 0 Å². The maximum absolute atomic E-state index is 11.0. The van der Waals surface area contributed by atoms with E-state index in [0.717, 1.165) is 7.05 Å². The molecule has 0 spiro atoms. The average Bonchev–Trinajstić information content (AvgIpc) is 2.40. The van der Waals surface area contributed by atoms with Gasteiger partial charge in [-0.05, 0) is 0 Å². The van der Waals surface area contributed by atoms with Crippen molar-refractivity contribution in [2.24, 2.45) is 5.29 Å². The lowest BCUT2D eigenvalue weighted by Gasteiger charge is -2.25. The Balaban J connectivity index is 4.20. The molecule has 0 aromatic rings. The minimum Gasteiger partial charge on any atom is -0.394 e. The minimum absolute atomic E-state index is 0.429. The number of nitroso groups, excluding NO2 is 1. The summed E-state index contributed by atoms with van der Waals surface area (Å²) < 4.78 is 0. The third kappa shape index (κ3) is 4.89. The predicted octanol–water partition coefficient (Wildman–Crippen LogP) is -3.25. The molecule has 2 amide bonds. The van der Waals surface area contributed by atoms with Gasteiger partial charge in [-0.25, -0.2) is 4.79 Å². The lowest BCUT2D eigenvalue weighted by molar-refractivity contribution is -0.113. The first-order valence-electron chi connectivity index (χ1n) is 5.03. The Morgan fingerprint density at radius 3 is 2.17 bits per heavy atom. The molecule has 0 aliphatic heterocycles. The van der Waals surface area contributed by atoms with Crippen molar-refractivity contribution in [3.05, 3.63) is 4.91 Å². The van der Waals surface area contributed by atoms with Gasteiger partial charge in [0.15, 0.2) is 0 Å². The van der Waals surface area contributed by atoms with Gasteiger partial charge in [-0.2, -0.15) is 5.01 Å². The van der Waals surface area contributed by atoms with Gasteiger partial charge < -0.3 is 30.8 Å². The van der Waals surface area contributed by atoms with Crippen molar-refractivity contribution in [2.75, 3.05) is 20.2 Å². The van der Waals surface area contributed by atoms with Crippen LogP contribution in [0.25, 0.3) is 0 Å². The summed E-state index contributed by atoms with van der Waals surface area (Å²) in [7, 11) is 1.08. The first kappa shape index (κ1) is 16.7. The van der Waals surface area contributed by atoms with Gasteiger partial charge in [-0.15, -0.1) is 4.91 Å². The first-order valence-corrected chi connectivity index (χ1v) is 5.03. The van der Waals surface area contributed by atoms with Crippen molar-refractivity contribution >= 4 is 6.03 Å². The van der Waals surface area contributed by atoms with E-state index in [4.69, 9.17) is 10.2 Å². The number of rotatable bonds is 7. The molecule has 4 atom stereocenters. The number of carbonyl (C=O) groups is 1. The van der Waals surface area contributed by atoms with E-state index in [2.05, 4.69) is 10.6 Å². The summed E-state index contributed by atoms with van der Waals surface area (Å²) in [6.45, 7) is -1.27. The summed E-state index contributed by atoms with van der Waals surface area (Å²) in [4.78, 5) is 21.0. The summed E-state index contributed by atoms with van der Waals surface area (Å²) in [5.74, 6) is 0. The van der Waals surface area contributed by atoms with Crippen LogP contribution in [-0.4, -0.2) is 81.2 Å². The van der Waals surface area contributed by atoms with Gasteiger partial charge in [0.2, 0.25) is 0 Å². The molecular weight excluding hydrogens is 250 g/mol. The molecule has 6 N–H and O–H groups in total. The molecule has 18 heavy (non-hydrogen) atoms. The number of hydrogen-bond acceptors (Lipinski definition) is 8. The molecule has 0 aliphatic carbocycles. The van der Waals surface area contributed by atoms with Crippen LogP contribution >= 0.6 is 0 Å². The fourth-order valence-electron chi connectivity index (χ4n) is 1.03. The largest absolute Gasteiger partial charge is 0.394 e. The number of nitrogens with zero attached hydrogens (tertiary/aromatic N) is 2. The van der Waals surface area contributed by atoms with E-state index in [0.29, 0.717) is 5.01 Å². The summed E-state index contributed by atoms with van der Waals surface area (Å²) in [6, 6.07) is -0.909. The molecule has 0 aliphatic rings. The van der Waals surface area contributed by atoms with Crippen molar-refractivity contribution in [3.8, 4) is 0 Å². The van der Waals surface area contributed by atoms with Crippen molar-refractivity contribution < 1.29 is 30.3 Å². The maximum Gasteiger partial charge on any atom is 0.340 e. The maximum atomic E-state index is 11.0. The molecule has 0 heterocycles. The molecule has 0 rings (SSSR count). The van der Waals surface area contributed by atoms with E-state index in [9.17, 15) is 25.0 Å². The van der Waals surface area contributed by atoms with Gasteiger partial charge in [0, 0.05) is 13.6 Å². The molecule has 0 saturated heterocycles. The van der Waals surface area contributed by atoms with Gasteiger partial charge in [0.05, 0.1) is 18.0 Å². The van der Waals surface area contributed by atoms with Crippen LogP contribution in [-0.2, 0) is 0 Å². The molecule has 0 saturated carbocycles. The van der Waals surface area contributed by atoms with Crippen molar-refractivity contribution in [1.29, 1.82) is 0 Å². The van der Waals surface area contributed by atoms with E-state index in [1.54, 1.807) is 0 Å². The average molecular weight is 267 g/mol. The monoisotopic (exact) mass is 267 g/mol. The Labute approximate surface area is 102 Å². The van der Waals surface area contributed by atoms with E-state index >= 15 is 0 Å². The number of amides is 2. The minimum atomic E-state index is -1.78. The normalized spacial score (nSPS) is 17.4. The third-order valence-electron chi connectivity index (χ3n) is 2.20. The van der Waals surface area contributed by atoms with Crippen LogP contribution in [0.3, 0.4) is 0 Å². The Bertz CT molecular complexity index is 277. The fourth-order valence-corrected chi connectivity index (χ4v) is 1.03. The molecule has 0 radical (unpaired) electrons. The number of aliphatic hydroxyl groups excluding tert-OH is 5. The quantitative estimate of drug-likeness (QED) is 0.208. The van der Waals surface area contributed by atoms with Crippen LogP contribution in [0.4, 0.5) is 4.79 Å². The predicted molar refractivity (Wildman–Crippen MR) is 58.1 cm³/mol. The molecular formula is C8H17N3O7. The van der Waals surface area contributed by atoms with E-state index in [1.165, 1.54) is 0 Å². The van der Waals surface area contributed by atoms with Gasteiger partial charge in [-0.3, -0.25) is 0 Å². The molecule has 10 nitrogen and oxygen atoms in total. The summed E-state index contributed by atoms with van der Waals surface area (Å²) >= 11 is 0. The second-order valence-electron chi connectivity index (χ2n) is 3.59. The molecule has 4 unspecified atom stereocenters. The number of carbonyl (C=O) groups excluding carboxylic acids is 1. The van der Waals surface area contributed by atoms with Crippen molar-refractivity contribution in [3.63, 3.8) is 0 Å². The van der Waals surface area contributed by atoms with Crippen molar-refractivity contribution in [2.45, 2.75) is 24.4 Å². The first-order chi connectivity index (χ1) is 8.34. The number of aliphatic hydroxyl groups is 5. The second-order valence-corrected chi connectivity index (χ2v) is 3.59. The van der Waals surface area contributed by atoms with Gasteiger partial charge in [0.25, 0.3) is 0 Å². The highest BCUT2D eigenvalue weighted by Crippen LogP contribution is 2.04. The third-order valence-corrected chi connectivity index (χ3v) is 2.20. The summed E-state index contributed by atoms with van der Waals surface area (Å²) in [5.41, 5.74) is 0. The summed E-state index contributed by atoms with van der Waals surface area (Å²) in [5, 5.41) is 50.4. The number of urea groups is 1. The topological polar surface area (TPSA) is 163 Å². The van der Waals surface area contributed by atoms with Crippen LogP contribution in [0.5, 0.6) is 0 Å². The van der Waals surface area contributed by atoms with Crippen LogP contribution in [0.2, 0.25) is 0 Å². The zero-order valence-electron chi connectivity index (χ0n) is 9.67. The highest BCUT2D eigenvalue weighted by atomic mass is 16.4. The number of nitrogens with one attached hydrogen (secondary N) is 1. The molecule has 106 valence electrons. The molecule has 0 bridgehead atoms. The Hall–Kier alpha value is -1.33. The van der Waals surface area contributed by atoms with E-state index in [-0.39, 0.29) is 0 Å². The highest BCUT2D eigenvalue weighted by molar-refractivity contribution is 5.73. The Morgan fingerprint density at radius 1 is 1.22 bits per heavy atom. The van der Waals surface area contributed by atoms with E-state index in [1.807, 2.05) is 0 Å². The van der Waals surface area contributed by atoms with Crippen LogP contribution < -0.4 is 5.32 Å². The second kappa shape index (κ2) is 7.89. The van der Waals surface area contributed by atoms with Crippen LogP contribution in [0, 0.1) is 4.91 Å². The molecule has 0 aromatic heterocycles.